The van der Waals surface area contributed by atoms with Gasteiger partial charge in [-0.05, 0) is 66.8 Å². The van der Waals surface area contributed by atoms with Crippen LogP contribution >= 0.6 is 0 Å². The maximum absolute atomic E-state index is 11.9. The Morgan fingerprint density at radius 3 is 2.84 bits per heavy atom. The molecule has 3 aromatic rings. The zero-order valence-corrected chi connectivity index (χ0v) is 18.0. The Labute approximate surface area is 182 Å². The summed E-state index contributed by atoms with van der Waals surface area (Å²) in [6.07, 6.45) is 5.25. The van der Waals surface area contributed by atoms with Crippen molar-refractivity contribution in [2.75, 3.05) is 51.3 Å². The van der Waals surface area contributed by atoms with E-state index in [1.807, 2.05) is 12.1 Å². The minimum atomic E-state index is -0.293. The van der Waals surface area contributed by atoms with Crippen molar-refractivity contribution < 1.29 is 14.3 Å². The standard InChI is InChI=1S/C25H29N3O3/c1-30-25(29)19-4-6-23-22(16-19)20(17-26-23)8-9-27-10-12-28(13-11-27)21-5-7-24-18(15-21)3-2-14-31-24/h4-7,15-17,26H,2-3,8-14H2,1H3. The number of aromatic nitrogens is 1. The summed E-state index contributed by atoms with van der Waals surface area (Å²) in [7, 11) is 1.42. The lowest BCUT2D eigenvalue weighted by Gasteiger charge is -2.36. The number of methoxy groups -OCH3 is 1. The number of fused-ring (bicyclic) bond motifs is 2. The molecule has 1 fully saturated rings. The fraction of sp³-hybridized carbons (Fsp3) is 0.400. The molecule has 0 spiro atoms. The van der Waals surface area contributed by atoms with E-state index in [-0.39, 0.29) is 5.97 Å². The van der Waals surface area contributed by atoms with Gasteiger partial charge in [-0.15, -0.1) is 0 Å². The molecule has 6 nitrogen and oxygen atoms in total. The van der Waals surface area contributed by atoms with Crippen LogP contribution < -0.4 is 9.64 Å². The van der Waals surface area contributed by atoms with E-state index >= 15 is 0 Å². The van der Waals surface area contributed by atoms with Gasteiger partial charge in [0.1, 0.15) is 5.75 Å². The number of hydrogen-bond donors (Lipinski definition) is 1. The number of hydrogen-bond acceptors (Lipinski definition) is 5. The molecule has 1 N–H and O–H groups in total. The Morgan fingerprint density at radius 1 is 1.13 bits per heavy atom. The first kappa shape index (κ1) is 19.9. The Balaban J connectivity index is 1.19. The summed E-state index contributed by atoms with van der Waals surface area (Å²) in [5, 5.41) is 1.11. The van der Waals surface area contributed by atoms with Crippen molar-refractivity contribution in [2.24, 2.45) is 0 Å². The van der Waals surface area contributed by atoms with Gasteiger partial charge in [-0.25, -0.2) is 4.79 Å². The summed E-state index contributed by atoms with van der Waals surface area (Å²) in [6.45, 7) is 6.06. The SMILES string of the molecule is COC(=O)c1ccc2[nH]cc(CCN3CCN(c4ccc5c(c4)CCCO5)CC3)c2c1. The van der Waals surface area contributed by atoms with Crippen molar-refractivity contribution in [2.45, 2.75) is 19.3 Å². The highest BCUT2D eigenvalue weighted by molar-refractivity contribution is 5.95. The molecule has 1 saturated heterocycles. The Kier molecular flexibility index (Phi) is 5.55. The Bertz CT molecular complexity index is 1080. The molecule has 6 heteroatoms. The van der Waals surface area contributed by atoms with E-state index in [0.717, 1.165) is 75.2 Å². The maximum atomic E-state index is 11.9. The van der Waals surface area contributed by atoms with Crippen LogP contribution in [0.3, 0.4) is 0 Å². The molecule has 0 radical (unpaired) electrons. The molecule has 31 heavy (non-hydrogen) atoms. The van der Waals surface area contributed by atoms with Crippen LogP contribution in [0.5, 0.6) is 5.75 Å². The molecule has 2 aliphatic heterocycles. The van der Waals surface area contributed by atoms with E-state index in [4.69, 9.17) is 9.47 Å². The van der Waals surface area contributed by atoms with E-state index in [1.54, 1.807) is 6.07 Å². The molecule has 0 aliphatic carbocycles. The van der Waals surface area contributed by atoms with Crippen LogP contribution in [-0.2, 0) is 17.6 Å². The van der Waals surface area contributed by atoms with E-state index in [9.17, 15) is 4.79 Å². The number of aromatic amines is 1. The van der Waals surface area contributed by atoms with Crippen molar-refractivity contribution in [3.05, 3.63) is 59.3 Å². The summed E-state index contributed by atoms with van der Waals surface area (Å²) >= 11 is 0. The quantitative estimate of drug-likeness (QED) is 0.640. The molecule has 2 aromatic carbocycles. The van der Waals surface area contributed by atoms with Crippen LogP contribution in [0, 0.1) is 0 Å². The molecule has 162 valence electrons. The predicted octanol–water partition coefficient (Wildman–Crippen LogP) is 3.64. The zero-order chi connectivity index (χ0) is 21.2. The maximum Gasteiger partial charge on any atom is 0.337 e. The van der Waals surface area contributed by atoms with E-state index < -0.39 is 0 Å². The summed E-state index contributed by atoms with van der Waals surface area (Å²) in [4.78, 5) is 20.2. The van der Waals surface area contributed by atoms with Gasteiger partial charge in [-0.2, -0.15) is 0 Å². The van der Waals surface area contributed by atoms with E-state index in [0.29, 0.717) is 5.56 Å². The third-order valence-corrected chi connectivity index (χ3v) is 6.52. The number of nitrogens with zero attached hydrogens (tertiary/aromatic N) is 2. The van der Waals surface area contributed by atoms with Crippen LogP contribution in [0.1, 0.15) is 27.9 Å². The molecule has 0 amide bonds. The summed E-state index contributed by atoms with van der Waals surface area (Å²) in [5.74, 6) is 0.765. The summed E-state index contributed by atoms with van der Waals surface area (Å²) in [5.41, 5.74) is 5.56. The summed E-state index contributed by atoms with van der Waals surface area (Å²) in [6, 6.07) is 12.3. The van der Waals surface area contributed by atoms with Crippen molar-refractivity contribution in [3.63, 3.8) is 0 Å². The highest BCUT2D eigenvalue weighted by Crippen LogP contribution is 2.29. The molecular formula is C25H29N3O3. The smallest absolute Gasteiger partial charge is 0.337 e. The predicted molar refractivity (Wildman–Crippen MR) is 122 cm³/mol. The summed E-state index contributed by atoms with van der Waals surface area (Å²) < 4.78 is 10.6. The van der Waals surface area contributed by atoms with Crippen LogP contribution in [0.25, 0.3) is 10.9 Å². The van der Waals surface area contributed by atoms with Gasteiger partial charge in [-0.3, -0.25) is 4.90 Å². The second-order valence-electron chi connectivity index (χ2n) is 8.39. The fourth-order valence-corrected chi connectivity index (χ4v) is 4.68. The molecule has 0 unspecified atom stereocenters. The first-order valence-corrected chi connectivity index (χ1v) is 11.1. The minimum Gasteiger partial charge on any atom is -0.493 e. The van der Waals surface area contributed by atoms with Gasteiger partial charge in [0.05, 0.1) is 19.3 Å². The lowest BCUT2D eigenvalue weighted by Crippen LogP contribution is -2.47. The van der Waals surface area contributed by atoms with Gasteiger partial charge in [-0.1, -0.05) is 0 Å². The topological polar surface area (TPSA) is 57.8 Å². The number of aryl methyl sites for hydroxylation is 1. The van der Waals surface area contributed by atoms with E-state index in [1.165, 1.54) is 23.9 Å². The normalized spacial score (nSPS) is 16.7. The van der Waals surface area contributed by atoms with Crippen molar-refractivity contribution in [1.82, 2.24) is 9.88 Å². The molecule has 3 heterocycles. The Hall–Kier alpha value is -2.99. The number of benzene rings is 2. The first-order valence-electron chi connectivity index (χ1n) is 11.1. The molecule has 1 aromatic heterocycles. The highest BCUT2D eigenvalue weighted by Gasteiger charge is 2.19. The number of piperazine rings is 1. The van der Waals surface area contributed by atoms with Crippen molar-refractivity contribution >= 4 is 22.6 Å². The van der Waals surface area contributed by atoms with Crippen LogP contribution in [0.4, 0.5) is 5.69 Å². The number of H-pyrrole nitrogens is 1. The van der Waals surface area contributed by atoms with Crippen LogP contribution in [-0.4, -0.2) is 62.3 Å². The second-order valence-corrected chi connectivity index (χ2v) is 8.39. The van der Waals surface area contributed by atoms with Gasteiger partial charge in [0.2, 0.25) is 0 Å². The van der Waals surface area contributed by atoms with Gasteiger partial charge in [0, 0.05) is 55.5 Å². The largest absolute Gasteiger partial charge is 0.493 e. The van der Waals surface area contributed by atoms with Gasteiger partial charge in [0.25, 0.3) is 0 Å². The number of esters is 1. The van der Waals surface area contributed by atoms with Gasteiger partial charge in [0.15, 0.2) is 0 Å². The number of carbonyl (C=O) groups is 1. The lowest BCUT2D eigenvalue weighted by atomic mass is 10.0. The number of nitrogens with one attached hydrogen (secondary N) is 1. The Morgan fingerprint density at radius 2 is 2.00 bits per heavy atom. The molecule has 5 rings (SSSR count). The van der Waals surface area contributed by atoms with Crippen molar-refractivity contribution in [3.8, 4) is 5.75 Å². The third-order valence-electron chi connectivity index (χ3n) is 6.52. The number of ether oxygens (including phenoxy) is 2. The van der Waals surface area contributed by atoms with E-state index in [2.05, 4.69) is 39.2 Å². The lowest BCUT2D eigenvalue weighted by molar-refractivity contribution is 0.0601. The number of carbonyl (C=O) groups excluding carboxylic acids is 1. The van der Waals surface area contributed by atoms with Gasteiger partial charge < -0.3 is 19.4 Å². The first-order chi connectivity index (χ1) is 15.2. The molecule has 2 aliphatic rings. The molecule has 0 atom stereocenters. The third kappa shape index (κ3) is 4.12. The highest BCUT2D eigenvalue weighted by atomic mass is 16.5. The van der Waals surface area contributed by atoms with Crippen LogP contribution in [0.2, 0.25) is 0 Å². The minimum absolute atomic E-state index is 0.293. The number of rotatable bonds is 5. The molecular weight excluding hydrogens is 390 g/mol. The fourth-order valence-electron chi connectivity index (χ4n) is 4.68. The van der Waals surface area contributed by atoms with Crippen LogP contribution in [0.15, 0.2) is 42.6 Å². The van der Waals surface area contributed by atoms with Gasteiger partial charge >= 0.3 is 5.97 Å². The molecule has 0 saturated carbocycles. The second kappa shape index (κ2) is 8.63. The number of anilines is 1. The zero-order valence-electron chi connectivity index (χ0n) is 18.0. The van der Waals surface area contributed by atoms with Crippen molar-refractivity contribution in [1.29, 1.82) is 0 Å². The monoisotopic (exact) mass is 419 g/mol. The average molecular weight is 420 g/mol. The molecule has 0 bridgehead atoms. The average Bonchev–Trinajstić information content (AvgIpc) is 3.24.